The molecule has 3 nitrogen and oxygen atoms in total. The Morgan fingerprint density at radius 1 is 1.10 bits per heavy atom. The number of fused-ring (bicyclic) bond motifs is 1. The molecule has 2 fully saturated rings. The van der Waals surface area contributed by atoms with E-state index in [4.69, 9.17) is 0 Å². The molecule has 0 aromatic carbocycles. The summed E-state index contributed by atoms with van der Waals surface area (Å²) >= 11 is 0. The Morgan fingerprint density at radius 3 is 2.66 bits per heavy atom. The molecule has 1 amide bonds. The molecule has 4 atom stereocenters. The fourth-order valence-electron chi connectivity index (χ4n) is 5.14. The van der Waals surface area contributed by atoms with Crippen molar-refractivity contribution in [2.75, 3.05) is 26.7 Å². The summed E-state index contributed by atoms with van der Waals surface area (Å²) in [6, 6.07) is 0.763. The number of rotatable bonds is 10. The van der Waals surface area contributed by atoms with Crippen molar-refractivity contribution in [2.45, 2.75) is 85.1 Å². The highest BCUT2D eigenvalue weighted by Crippen LogP contribution is 2.36. The van der Waals surface area contributed by atoms with Gasteiger partial charge < -0.3 is 9.80 Å². The van der Waals surface area contributed by atoms with Gasteiger partial charge in [-0.25, -0.2) is 0 Å². The molecule has 1 N–H and O–H groups in total. The van der Waals surface area contributed by atoms with Crippen molar-refractivity contribution in [3.05, 3.63) is 35.5 Å². The van der Waals surface area contributed by atoms with Crippen LogP contribution >= 0.6 is 0 Å². The molecule has 0 bridgehead atoms. The third kappa shape index (κ3) is 8.12. The summed E-state index contributed by atoms with van der Waals surface area (Å²) in [4.78, 5) is 12.3. The lowest BCUT2D eigenvalue weighted by Gasteiger charge is -2.41. The molecule has 2 heterocycles. The molecule has 3 heteroatoms. The van der Waals surface area contributed by atoms with Crippen LogP contribution in [0.25, 0.3) is 0 Å². The van der Waals surface area contributed by atoms with Crippen LogP contribution in [-0.4, -0.2) is 43.1 Å². The van der Waals surface area contributed by atoms with Crippen LogP contribution in [0.2, 0.25) is 0 Å². The smallest absolute Gasteiger partial charge is 0.243 e. The van der Waals surface area contributed by atoms with Crippen molar-refractivity contribution < 1.29 is 9.28 Å². The summed E-state index contributed by atoms with van der Waals surface area (Å²) in [6.07, 6.45) is 18.3. The zero-order valence-electron chi connectivity index (χ0n) is 19.7. The number of quaternary nitrogens is 1. The third-order valence-electron chi connectivity index (χ3n) is 7.10. The highest BCUT2D eigenvalue weighted by atomic mass is 16.1. The van der Waals surface area contributed by atoms with Crippen LogP contribution in [0.1, 0.15) is 79.1 Å². The summed E-state index contributed by atoms with van der Waals surface area (Å²) in [5, 5.41) is 3.18. The zero-order valence-corrected chi connectivity index (χ0v) is 19.7. The van der Waals surface area contributed by atoms with Gasteiger partial charge in [0.25, 0.3) is 0 Å². The van der Waals surface area contributed by atoms with Gasteiger partial charge in [-0.2, -0.15) is 0 Å². The van der Waals surface area contributed by atoms with Crippen molar-refractivity contribution in [1.29, 1.82) is 0 Å². The van der Waals surface area contributed by atoms with Crippen molar-refractivity contribution >= 4 is 5.91 Å². The predicted molar refractivity (Wildman–Crippen MR) is 125 cm³/mol. The summed E-state index contributed by atoms with van der Waals surface area (Å²) < 4.78 is 1.24. The number of allylic oxidation sites excluding steroid dienone is 5. The Labute approximate surface area is 179 Å². The second-order valence-corrected chi connectivity index (χ2v) is 10.1. The van der Waals surface area contributed by atoms with E-state index in [2.05, 4.69) is 58.3 Å². The minimum atomic E-state index is 0.0854. The molecule has 0 aromatic rings. The molecule has 2 saturated heterocycles. The molecule has 0 aromatic heterocycles. The number of piperidine rings is 1. The first-order valence-corrected chi connectivity index (χ1v) is 11.9. The first-order valence-electron chi connectivity index (χ1n) is 11.9. The quantitative estimate of drug-likeness (QED) is 0.280. The Bertz CT molecular complexity index is 614. The molecule has 2 aliphatic heterocycles. The molecule has 2 aliphatic rings. The summed E-state index contributed by atoms with van der Waals surface area (Å²) in [6.45, 7) is 12.2. The normalized spacial score (nSPS) is 28.2. The van der Waals surface area contributed by atoms with Crippen LogP contribution in [0.3, 0.4) is 0 Å². The van der Waals surface area contributed by atoms with Crippen molar-refractivity contribution in [3.8, 4) is 0 Å². The third-order valence-corrected chi connectivity index (χ3v) is 7.10. The number of nitrogens with one attached hydrogen (secondary N) is 1. The van der Waals surface area contributed by atoms with Gasteiger partial charge in [0.1, 0.15) is 0 Å². The number of carbonyl (C=O) groups is 1. The highest BCUT2D eigenvalue weighted by molar-refractivity contribution is 5.87. The van der Waals surface area contributed by atoms with Gasteiger partial charge in [0, 0.05) is 25.3 Å². The standard InChI is InChI=1S/C26H44N2O/c1-21(2)10-8-11-22(3)12-9-13-23(4)15-16-26(29)27-20-24-17-19-28(5)18-7-6-14-25(24)28/h10,12,15-16,23-25H,6-9,11,13-14,17-20H2,1-5H3/p+1/b16-15+,22-12+/t23?,24-,25+,28-/m0/s1. The van der Waals surface area contributed by atoms with Gasteiger partial charge >= 0.3 is 0 Å². The predicted octanol–water partition coefficient (Wildman–Crippen LogP) is 5.79. The van der Waals surface area contributed by atoms with E-state index in [0.717, 1.165) is 38.3 Å². The molecule has 1 unspecified atom stereocenters. The Morgan fingerprint density at radius 2 is 1.90 bits per heavy atom. The minimum Gasteiger partial charge on any atom is -0.352 e. The van der Waals surface area contributed by atoms with Gasteiger partial charge in [-0.05, 0) is 71.3 Å². The van der Waals surface area contributed by atoms with Gasteiger partial charge in [0.05, 0.1) is 26.2 Å². The van der Waals surface area contributed by atoms with E-state index in [0.29, 0.717) is 11.8 Å². The van der Waals surface area contributed by atoms with E-state index in [1.807, 2.05) is 0 Å². The second-order valence-electron chi connectivity index (χ2n) is 10.1. The molecule has 0 aliphatic carbocycles. The maximum atomic E-state index is 12.3. The van der Waals surface area contributed by atoms with Gasteiger partial charge in [-0.15, -0.1) is 0 Å². The summed E-state index contributed by atoms with van der Waals surface area (Å²) in [5.74, 6) is 1.18. The maximum Gasteiger partial charge on any atom is 0.243 e. The molecule has 29 heavy (non-hydrogen) atoms. The lowest BCUT2D eigenvalue weighted by atomic mass is 9.92. The molecule has 0 spiro atoms. The highest BCUT2D eigenvalue weighted by Gasteiger charge is 2.46. The van der Waals surface area contributed by atoms with E-state index < -0.39 is 0 Å². The summed E-state index contributed by atoms with van der Waals surface area (Å²) in [5.41, 5.74) is 2.87. The molecular weight excluding hydrogens is 356 g/mol. The average Bonchev–Trinajstić information content (AvgIpc) is 3.01. The lowest BCUT2D eigenvalue weighted by molar-refractivity contribution is -0.927. The van der Waals surface area contributed by atoms with E-state index >= 15 is 0 Å². The van der Waals surface area contributed by atoms with Crippen LogP contribution in [0.5, 0.6) is 0 Å². The number of amides is 1. The first-order chi connectivity index (χ1) is 13.8. The Hall–Kier alpha value is -1.35. The Kier molecular flexibility index (Phi) is 9.68. The monoisotopic (exact) mass is 401 g/mol. The number of carbonyl (C=O) groups excluding carboxylic acids is 1. The van der Waals surface area contributed by atoms with E-state index in [1.54, 1.807) is 6.08 Å². The molecular formula is C26H45N2O+. The van der Waals surface area contributed by atoms with Crippen LogP contribution in [-0.2, 0) is 4.79 Å². The maximum absolute atomic E-state index is 12.3. The summed E-state index contributed by atoms with van der Waals surface area (Å²) in [7, 11) is 2.42. The molecule has 0 saturated carbocycles. The zero-order chi connectivity index (χ0) is 21.3. The van der Waals surface area contributed by atoms with Gasteiger partial charge in [0.2, 0.25) is 5.91 Å². The number of hydrogen-bond acceptors (Lipinski definition) is 1. The van der Waals surface area contributed by atoms with Crippen molar-refractivity contribution in [2.24, 2.45) is 11.8 Å². The first kappa shape index (κ1) is 23.9. The van der Waals surface area contributed by atoms with Gasteiger partial charge in [-0.1, -0.05) is 36.3 Å². The van der Waals surface area contributed by atoms with Gasteiger partial charge in [-0.3, -0.25) is 4.79 Å². The topological polar surface area (TPSA) is 29.1 Å². The van der Waals surface area contributed by atoms with Gasteiger partial charge in [0.15, 0.2) is 0 Å². The Balaban J connectivity index is 1.65. The molecule has 164 valence electrons. The van der Waals surface area contributed by atoms with Crippen molar-refractivity contribution in [3.63, 3.8) is 0 Å². The van der Waals surface area contributed by atoms with Crippen LogP contribution < -0.4 is 5.32 Å². The van der Waals surface area contributed by atoms with E-state index in [-0.39, 0.29) is 5.91 Å². The SMILES string of the molecule is CC(C)=CCC/C(C)=C/CCC(C)/C=C/C(=O)NC[C@@H]1CC[N@+]2(C)CCCC[C@H]12. The number of hydrogen-bond donors (Lipinski definition) is 1. The number of nitrogens with zero attached hydrogens (tertiary/aromatic N) is 1. The minimum absolute atomic E-state index is 0.0854. The second kappa shape index (κ2) is 11.7. The largest absolute Gasteiger partial charge is 0.352 e. The lowest BCUT2D eigenvalue weighted by Crippen LogP contribution is -2.53. The van der Waals surface area contributed by atoms with Crippen LogP contribution in [0.15, 0.2) is 35.5 Å². The fourth-order valence-corrected chi connectivity index (χ4v) is 5.14. The molecule has 0 radical (unpaired) electrons. The van der Waals surface area contributed by atoms with Crippen LogP contribution in [0.4, 0.5) is 0 Å². The van der Waals surface area contributed by atoms with E-state index in [1.165, 1.54) is 54.4 Å². The molecule has 2 rings (SSSR count). The van der Waals surface area contributed by atoms with Crippen molar-refractivity contribution in [1.82, 2.24) is 5.32 Å². The fraction of sp³-hybridized carbons (Fsp3) is 0.731. The van der Waals surface area contributed by atoms with Crippen LogP contribution in [0, 0.1) is 11.8 Å². The van der Waals surface area contributed by atoms with E-state index in [9.17, 15) is 4.79 Å². The average molecular weight is 402 g/mol.